The number of ether oxygens (including phenoxy) is 1. The molecule has 0 bridgehead atoms. The molecular weight excluding hydrogens is 390 g/mol. The van der Waals surface area contributed by atoms with Crippen molar-refractivity contribution in [1.82, 2.24) is 14.9 Å². The first-order chi connectivity index (χ1) is 13.8. The molecule has 2 N–H and O–H groups in total. The van der Waals surface area contributed by atoms with Crippen LogP contribution in [0.15, 0.2) is 27.6 Å². The quantitative estimate of drug-likeness (QED) is 0.524. The normalized spacial score (nSPS) is 13.1. The minimum absolute atomic E-state index is 0.120. The summed E-state index contributed by atoms with van der Waals surface area (Å²) in [4.78, 5) is 24.0. The second-order valence-electron chi connectivity index (χ2n) is 7.81. The maximum atomic E-state index is 12.6. The molecule has 7 nitrogen and oxygen atoms in total. The third-order valence-corrected chi connectivity index (χ3v) is 5.75. The minimum Gasteiger partial charge on any atom is -0.468 e. The molecule has 0 aliphatic rings. The van der Waals surface area contributed by atoms with Crippen LogP contribution in [-0.4, -0.2) is 45.8 Å². The highest BCUT2D eigenvalue weighted by atomic mass is 32.1. The molecule has 0 aliphatic carbocycles. The van der Waals surface area contributed by atoms with Crippen molar-refractivity contribution in [3.63, 3.8) is 0 Å². The van der Waals surface area contributed by atoms with Crippen LogP contribution in [0, 0.1) is 19.8 Å². The van der Waals surface area contributed by atoms with Crippen LogP contribution in [-0.2, 0) is 17.8 Å². The molecule has 0 aliphatic heterocycles. The topological polar surface area (TPSA) is 91.6 Å². The fraction of sp³-hybridized carbons (Fsp3) is 0.524. The van der Waals surface area contributed by atoms with Gasteiger partial charge in [0.25, 0.3) is 5.56 Å². The van der Waals surface area contributed by atoms with E-state index in [4.69, 9.17) is 9.15 Å². The van der Waals surface area contributed by atoms with Gasteiger partial charge in [0.1, 0.15) is 16.4 Å². The summed E-state index contributed by atoms with van der Waals surface area (Å²) in [5, 5.41) is 11.1. The first kappa shape index (κ1) is 21.7. The minimum atomic E-state index is -0.648. The Hall–Kier alpha value is -2.00. The lowest BCUT2D eigenvalue weighted by molar-refractivity contribution is 0.00421. The SMILES string of the molecule is Cc1sc2nc(CN(Cc3ccco3)CC(O)COCC(C)C)[nH]c(=O)c2c1C. The molecule has 0 spiro atoms. The number of aromatic nitrogens is 2. The van der Waals surface area contributed by atoms with Crippen molar-refractivity contribution in [2.75, 3.05) is 19.8 Å². The molecule has 29 heavy (non-hydrogen) atoms. The Morgan fingerprint density at radius 2 is 2.10 bits per heavy atom. The van der Waals surface area contributed by atoms with Gasteiger partial charge >= 0.3 is 0 Å². The van der Waals surface area contributed by atoms with Crippen LogP contribution in [0.5, 0.6) is 0 Å². The molecule has 0 fully saturated rings. The molecule has 0 radical (unpaired) electrons. The van der Waals surface area contributed by atoms with Crippen LogP contribution < -0.4 is 5.56 Å². The number of hydrogen-bond donors (Lipinski definition) is 2. The molecule has 0 saturated carbocycles. The summed E-state index contributed by atoms with van der Waals surface area (Å²) in [6.07, 6.45) is 0.976. The van der Waals surface area contributed by atoms with Gasteiger partial charge in [0.15, 0.2) is 0 Å². The zero-order chi connectivity index (χ0) is 21.0. The maximum absolute atomic E-state index is 12.6. The van der Waals surface area contributed by atoms with Gasteiger partial charge in [-0.05, 0) is 37.5 Å². The number of H-pyrrole nitrogens is 1. The molecule has 3 heterocycles. The standard InChI is InChI=1S/C21H29N3O4S/c1-13(2)11-27-12-16(25)8-24(9-17-6-5-7-28-17)10-18-22-20(26)19-14(3)15(4)29-21(19)23-18/h5-7,13,16,25H,8-12H2,1-4H3,(H,22,23,26). The van der Waals surface area contributed by atoms with Gasteiger partial charge in [-0.1, -0.05) is 13.8 Å². The number of aliphatic hydroxyl groups is 1. The lowest BCUT2D eigenvalue weighted by atomic mass is 10.2. The predicted molar refractivity (Wildman–Crippen MR) is 114 cm³/mol. The molecule has 0 saturated heterocycles. The molecule has 1 atom stereocenters. The average molecular weight is 420 g/mol. The predicted octanol–water partition coefficient (Wildman–Crippen LogP) is 3.23. The Bertz CT molecular complexity index is 978. The van der Waals surface area contributed by atoms with E-state index in [-0.39, 0.29) is 12.2 Å². The number of nitrogens with one attached hydrogen (secondary N) is 1. The van der Waals surface area contributed by atoms with Crippen LogP contribution in [0.4, 0.5) is 0 Å². The van der Waals surface area contributed by atoms with Gasteiger partial charge in [-0.3, -0.25) is 9.69 Å². The second kappa shape index (κ2) is 9.67. The second-order valence-corrected chi connectivity index (χ2v) is 9.01. The Morgan fingerprint density at radius 3 is 2.79 bits per heavy atom. The van der Waals surface area contributed by atoms with Crippen molar-refractivity contribution in [3.05, 3.63) is 50.8 Å². The van der Waals surface area contributed by atoms with E-state index >= 15 is 0 Å². The highest BCUT2D eigenvalue weighted by Gasteiger charge is 2.18. The number of hydrogen-bond acceptors (Lipinski definition) is 7. The highest BCUT2D eigenvalue weighted by molar-refractivity contribution is 7.18. The summed E-state index contributed by atoms with van der Waals surface area (Å²) in [6, 6.07) is 3.72. The Morgan fingerprint density at radius 1 is 1.31 bits per heavy atom. The smallest absolute Gasteiger partial charge is 0.259 e. The fourth-order valence-electron chi connectivity index (χ4n) is 3.18. The van der Waals surface area contributed by atoms with E-state index in [9.17, 15) is 9.90 Å². The lowest BCUT2D eigenvalue weighted by Gasteiger charge is -2.24. The summed E-state index contributed by atoms with van der Waals surface area (Å²) in [6.45, 7) is 10.2. The third-order valence-electron chi connectivity index (χ3n) is 4.65. The maximum Gasteiger partial charge on any atom is 0.259 e. The first-order valence-corrected chi connectivity index (χ1v) is 10.6. The van der Waals surface area contributed by atoms with E-state index in [2.05, 4.69) is 23.8 Å². The fourth-order valence-corrected chi connectivity index (χ4v) is 4.23. The average Bonchev–Trinajstić information content (AvgIpc) is 3.23. The van der Waals surface area contributed by atoms with Gasteiger partial charge in [-0.15, -0.1) is 11.3 Å². The van der Waals surface area contributed by atoms with E-state index in [1.165, 1.54) is 11.3 Å². The highest BCUT2D eigenvalue weighted by Crippen LogP contribution is 2.25. The van der Waals surface area contributed by atoms with Gasteiger partial charge in [0.2, 0.25) is 0 Å². The van der Waals surface area contributed by atoms with Crippen molar-refractivity contribution in [2.24, 2.45) is 5.92 Å². The van der Waals surface area contributed by atoms with Crippen molar-refractivity contribution in [3.8, 4) is 0 Å². The summed E-state index contributed by atoms with van der Waals surface area (Å²) in [5.74, 6) is 1.78. The number of aromatic amines is 1. The number of rotatable bonds is 10. The molecule has 3 aromatic rings. The number of nitrogens with zero attached hydrogens (tertiary/aromatic N) is 2. The van der Waals surface area contributed by atoms with Crippen molar-refractivity contribution in [1.29, 1.82) is 0 Å². The Balaban J connectivity index is 1.75. The summed E-state index contributed by atoms with van der Waals surface area (Å²) < 4.78 is 11.0. The molecule has 0 amide bonds. The number of fused-ring (bicyclic) bond motifs is 1. The number of aryl methyl sites for hydroxylation is 2. The molecule has 3 rings (SSSR count). The first-order valence-electron chi connectivity index (χ1n) is 9.83. The van der Waals surface area contributed by atoms with E-state index in [1.54, 1.807) is 6.26 Å². The van der Waals surface area contributed by atoms with Gasteiger partial charge < -0.3 is 19.2 Å². The number of furan rings is 1. The van der Waals surface area contributed by atoms with Crippen molar-refractivity contribution >= 4 is 21.6 Å². The molecule has 8 heteroatoms. The molecule has 158 valence electrons. The number of aliphatic hydroxyl groups excluding tert-OH is 1. The van der Waals surface area contributed by atoms with E-state index in [0.29, 0.717) is 43.4 Å². The van der Waals surface area contributed by atoms with E-state index in [1.807, 2.05) is 30.9 Å². The Kier molecular flexibility index (Phi) is 7.23. The summed E-state index contributed by atoms with van der Waals surface area (Å²) in [7, 11) is 0. The van der Waals surface area contributed by atoms with Crippen molar-refractivity contribution in [2.45, 2.75) is 46.9 Å². The van der Waals surface area contributed by atoms with Gasteiger partial charge in [0, 0.05) is 18.0 Å². The van der Waals surface area contributed by atoms with E-state index in [0.717, 1.165) is 21.0 Å². The third kappa shape index (κ3) is 5.76. The zero-order valence-corrected chi connectivity index (χ0v) is 18.2. The van der Waals surface area contributed by atoms with E-state index < -0.39 is 6.10 Å². The largest absolute Gasteiger partial charge is 0.468 e. The molecule has 1 unspecified atom stereocenters. The van der Waals surface area contributed by atoms with Gasteiger partial charge in [0.05, 0.1) is 37.4 Å². The van der Waals surface area contributed by atoms with Crippen LogP contribution in [0.2, 0.25) is 0 Å². The van der Waals surface area contributed by atoms with Crippen LogP contribution in [0.25, 0.3) is 10.2 Å². The van der Waals surface area contributed by atoms with Crippen LogP contribution in [0.3, 0.4) is 0 Å². The molecular formula is C21H29N3O4S. The van der Waals surface area contributed by atoms with Crippen molar-refractivity contribution < 1.29 is 14.3 Å². The monoisotopic (exact) mass is 419 g/mol. The summed E-state index contributed by atoms with van der Waals surface area (Å²) in [5.41, 5.74) is 0.862. The summed E-state index contributed by atoms with van der Waals surface area (Å²) >= 11 is 1.53. The van der Waals surface area contributed by atoms with Crippen LogP contribution >= 0.6 is 11.3 Å². The van der Waals surface area contributed by atoms with Gasteiger partial charge in [-0.25, -0.2) is 4.98 Å². The Labute approximate surface area is 174 Å². The lowest BCUT2D eigenvalue weighted by Crippen LogP contribution is -2.35. The van der Waals surface area contributed by atoms with Gasteiger partial charge in [-0.2, -0.15) is 0 Å². The molecule has 3 aromatic heterocycles. The van der Waals surface area contributed by atoms with Crippen LogP contribution in [0.1, 0.15) is 35.9 Å². The zero-order valence-electron chi connectivity index (χ0n) is 17.4. The molecule has 0 aromatic carbocycles. The number of thiophene rings is 1.